The molecular weight excluding hydrogens is 246 g/mol. The Balaban J connectivity index is 3.03. The van der Waals surface area contributed by atoms with E-state index in [-0.39, 0.29) is 22.7 Å². The number of aromatic nitrogens is 3. The average molecular weight is 259 g/mol. The molecule has 2 aromatic rings. The molecule has 2 aromatic heterocycles. The van der Waals surface area contributed by atoms with Gasteiger partial charge in [-0.1, -0.05) is 6.92 Å². The molecule has 0 aliphatic heterocycles. The summed E-state index contributed by atoms with van der Waals surface area (Å²) < 4.78 is 2.69. The Hall–Kier alpha value is -2.62. The van der Waals surface area contributed by atoms with Crippen LogP contribution in [0.25, 0.3) is 5.65 Å². The second-order valence-corrected chi connectivity index (χ2v) is 4.03. The van der Waals surface area contributed by atoms with Crippen molar-refractivity contribution in [2.45, 2.75) is 13.3 Å². The highest BCUT2D eigenvalue weighted by atomic mass is 16.2. The first-order valence-corrected chi connectivity index (χ1v) is 5.78. The van der Waals surface area contributed by atoms with Gasteiger partial charge in [0.25, 0.3) is 11.5 Å². The van der Waals surface area contributed by atoms with E-state index in [1.807, 2.05) is 6.07 Å². The zero-order chi connectivity index (χ0) is 14.2. The minimum Gasteiger partial charge on any atom is -0.354 e. The normalized spacial score (nSPS) is 10.4. The highest BCUT2D eigenvalue weighted by molar-refractivity contribution is 5.94. The number of nitrogens with zero attached hydrogens (tertiary/aromatic N) is 4. The Morgan fingerprint density at radius 1 is 1.58 bits per heavy atom. The van der Waals surface area contributed by atoms with Crippen molar-refractivity contribution in [2.75, 3.05) is 7.05 Å². The molecule has 2 rings (SSSR count). The molecule has 0 unspecified atom stereocenters. The van der Waals surface area contributed by atoms with Crippen molar-refractivity contribution in [3.8, 4) is 6.07 Å². The molecule has 2 heterocycles. The highest BCUT2D eigenvalue weighted by Gasteiger charge is 2.21. The molecule has 0 aromatic carbocycles. The van der Waals surface area contributed by atoms with Crippen LogP contribution in [0, 0.1) is 11.3 Å². The Morgan fingerprint density at radius 3 is 2.79 bits per heavy atom. The maximum absolute atomic E-state index is 12.3. The third kappa shape index (κ3) is 1.69. The molecule has 98 valence electrons. The van der Waals surface area contributed by atoms with Gasteiger partial charge in [-0.2, -0.15) is 14.9 Å². The Morgan fingerprint density at radius 2 is 2.26 bits per heavy atom. The molecular formula is C12H13N5O2. The lowest BCUT2D eigenvalue weighted by atomic mass is 10.1. The first kappa shape index (κ1) is 12.8. The number of hydrogen-bond acceptors (Lipinski definition) is 4. The van der Waals surface area contributed by atoms with Gasteiger partial charge in [-0.25, -0.2) is 0 Å². The first-order valence-electron chi connectivity index (χ1n) is 5.78. The number of nitriles is 1. The van der Waals surface area contributed by atoms with Crippen LogP contribution in [-0.4, -0.2) is 27.1 Å². The summed E-state index contributed by atoms with van der Waals surface area (Å²) in [5.74, 6) is -0.357. The van der Waals surface area contributed by atoms with Crippen LogP contribution >= 0.6 is 0 Å². The van der Waals surface area contributed by atoms with Crippen LogP contribution in [-0.2, 0) is 13.5 Å². The number of fused-ring (bicyclic) bond motifs is 1. The quantitative estimate of drug-likeness (QED) is 0.810. The number of amides is 1. The Bertz CT molecular complexity index is 763. The predicted octanol–water partition coefficient (Wildman–Crippen LogP) is -0.173. The van der Waals surface area contributed by atoms with E-state index in [1.54, 1.807) is 14.0 Å². The van der Waals surface area contributed by atoms with E-state index in [9.17, 15) is 9.59 Å². The fourth-order valence-electron chi connectivity index (χ4n) is 2.16. The molecule has 0 atom stereocenters. The van der Waals surface area contributed by atoms with Crippen LogP contribution in [0.4, 0.5) is 0 Å². The van der Waals surface area contributed by atoms with Crippen molar-refractivity contribution in [3.63, 3.8) is 0 Å². The number of carbonyl (C=O) groups is 1. The van der Waals surface area contributed by atoms with Gasteiger partial charge in [0.1, 0.15) is 17.3 Å². The second kappa shape index (κ2) is 4.57. The Kier molecular flexibility index (Phi) is 3.09. The van der Waals surface area contributed by atoms with E-state index < -0.39 is 0 Å². The summed E-state index contributed by atoms with van der Waals surface area (Å²) in [6.07, 6.45) is 1.73. The minimum atomic E-state index is -0.365. The summed E-state index contributed by atoms with van der Waals surface area (Å²) in [5, 5.41) is 15.5. The zero-order valence-corrected chi connectivity index (χ0v) is 10.9. The Labute approximate surface area is 109 Å². The van der Waals surface area contributed by atoms with E-state index in [4.69, 9.17) is 5.26 Å². The minimum absolute atomic E-state index is 0.257. The summed E-state index contributed by atoms with van der Waals surface area (Å²) in [6.45, 7) is 1.80. The summed E-state index contributed by atoms with van der Waals surface area (Å²) in [5.41, 5.74) is 0.854. The number of carbonyl (C=O) groups excluding carboxylic acids is 1. The van der Waals surface area contributed by atoms with Gasteiger partial charge in [-0.05, 0) is 6.42 Å². The monoisotopic (exact) mass is 259 g/mol. The molecule has 7 nitrogen and oxygen atoms in total. The molecule has 0 aliphatic carbocycles. The first-order chi connectivity index (χ1) is 9.06. The number of nitrogens with one attached hydrogen (secondary N) is 1. The van der Waals surface area contributed by atoms with E-state index >= 15 is 0 Å². The largest absolute Gasteiger partial charge is 0.354 e. The van der Waals surface area contributed by atoms with Crippen LogP contribution in [0.5, 0.6) is 0 Å². The van der Waals surface area contributed by atoms with Crippen molar-refractivity contribution in [1.82, 2.24) is 19.5 Å². The molecule has 0 bridgehead atoms. The molecule has 0 radical (unpaired) electrons. The van der Waals surface area contributed by atoms with Crippen molar-refractivity contribution in [3.05, 3.63) is 33.4 Å². The summed E-state index contributed by atoms with van der Waals surface area (Å²) >= 11 is 0. The average Bonchev–Trinajstić information content (AvgIpc) is 2.85. The van der Waals surface area contributed by atoms with E-state index in [1.165, 1.54) is 17.8 Å². The third-order valence-corrected chi connectivity index (χ3v) is 3.05. The second-order valence-electron chi connectivity index (χ2n) is 4.03. The maximum Gasteiger partial charge on any atom is 0.278 e. The van der Waals surface area contributed by atoms with Gasteiger partial charge >= 0.3 is 0 Å². The van der Waals surface area contributed by atoms with E-state index in [0.29, 0.717) is 17.6 Å². The van der Waals surface area contributed by atoms with Crippen LogP contribution < -0.4 is 10.9 Å². The van der Waals surface area contributed by atoms with Crippen molar-refractivity contribution >= 4 is 11.6 Å². The summed E-state index contributed by atoms with van der Waals surface area (Å²) in [4.78, 5) is 24.2. The topological polar surface area (TPSA) is 92.2 Å². The van der Waals surface area contributed by atoms with Crippen molar-refractivity contribution < 1.29 is 4.79 Å². The molecule has 7 heteroatoms. The van der Waals surface area contributed by atoms with Gasteiger partial charge in [0.05, 0.1) is 6.20 Å². The number of aryl methyl sites for hydroxylation is 1. The van der Waals surface area contributed by atoms with Gasteiger partial charge in [0.2, 0.25) is 0 Å². The molecule has 1 amide bonds. The molecule has 0 saturated heterocycles. The van der Waals surface area contributed by atoms with Crippen molar-refractivity contribution in [2.24, 2.45) is 7.05 Å². The maximum atomic E-state index is 12.3. The lowest BCUT2D eigenvalue weighted by Gasteiger charge is -2.13. The van der Waals surface area contributed by atoms with Gasteiger partial charge < -0.3 is 9.88 Å². The summed E-state index contributed by atoms with van der Waals surface area (Å²) in [6, 6.07) is 1.96. The van der Waals surface area contributed by atoms with Crippen LogP contribution in [0.15, 0.2) is 11.0 Å². The molecule has 1 N–H and O–H groups in total. The predicted molar refractivity (Wildman–Crippen MR) is 67.9 cm³/mol. The standard InChI is InChI=1S/C12H13N5O2/c1-4-8-9(10(18)14-2)16(3)11-7(5-13)6-15-17(11)12(8)19/h6H,4H2,1-3H3,(H,14,18). The lowest BCUT2D eigenvalue weighted by molar-refractivity contribution is 0.0953. The van der Waals surface area contributed by atoms with Crippen LogP contribution in [0.3, 0.4) is 0 Å². The van der Waals surface area contributed by atoms with Gasteiger partial charge in [0.15, 0.2) is 5.65 Å². The van der Waals surface area contributed by atoms with E-state index in [0.717, 1.165) is 4.52 Å². The van der Waals surface area contributed by atoms with Gasteiger partial charge in [-0.15, -0.1) is 0 Å². The molecule has 0 fully saturated rings. The fraction of sp³-hybridized carbons (Fsp3) is 0.333. The number of rotatable bonds is 2. The van der Waals surface area contributed by atoms with Gasteiger partial charge in [-0.3, -0.25) is 9.59 Å². The molecule has 0 spiro atoms. The SMILES string of the molecule is CCc1c(C(=O)NC)n(C)c2c(C#N)cnn2c1=O. The molecule has 19 heavy (non-hydrogen) atoms. The smallest absolute Gasteiger partial charge is 0.278 e. The van der Waals surface area contributed by atoms with Crippen LogP contribution in [0.1, 0.15) is 28.5 Å². The van der Waals surface area contributed by atoms with E-state index in [2.05, 4.69) is 10.4 Å². The molecule has 0 aliphatic rings. The lowest BCUT2D eigenvalue weighted by Crippen LogP contribution is -2.32. The third-order valence-electron chi connectivity index (χ3n) is 3.05. The van der Waals surface area contributed by atoms with Crippen LogP contribution in [0.2, 0.25) is 0 Å². The fourth-order valence-corrected chi connectivity index (χ4v) is 2.16. The van der Waals surface area contributed by atoms with Gasteiger partial charge in [0, 0.05) is 19.7 Å². The molecule has 0 saturated carbocycles. The van der Waals surface area contributed by atoms with Crippen molar-refractivity contribution in [1.29, 1.82) is 5.26 Å². The zero-order valence-electron chi connectivity index (χ0n) is 10.9. The summed E-state index contributed by atoms with van der Waals surface area (Å²) in [7, 11) is 3.14. The number of hydrogen-bond donors (Lipinski definition) is 1. The highest BCUT2D eigenvalue weighted by Crippen LogP contribution is 2.13.